The molecule has 1 unspecified atom stereocenters. The maximum Gasteiger partial charge on any atom is 0.434 e. The number of aromatic nitrogens is 2. The lowest BCUT2D eigenvalue weighted by Crippen LogP contribution is -2.30. The summed E-state index contributed by atoms with van der Waals surface area (Å²) in [6, 6.07) is 10.0. The number of ether oxygens (including phenoxy) is 1. The van der Waals surface area contributed by atoms with E-state index >= 15 is 0 Å². The summed E-state index contributed by atoms with van der Waals surface area (Å²) in [4.78, 5) is 28.1. The molecule has 0 radical (unpaired) electrons. The van der Waals surface area contributed by atoms with Crippen LogP contribution in [0.5, 0.6) is 5.75 Å². The van der Waals surface area contributed by atoms with Gasteiger partial charge in [-0.25, -0.2) is 9.18 Å². The van der Waals surface area contributed by atoms with E-state index in [4.69, 9.17) is 9.84 Å². The molecule has 1 heterocycles. The molecular formula is C26H29FN4O4. The molecule has 1 saturated carbocycles. The molecule has 35 heavy (non-hydrogen) atoms. The zero-order valence-corrected chi connectivity index (χ0v) is 20.0. The van der Waals surface area contributed by atoms with Crippen LogP contribution in [-0.2, 0) is 13.6 Å². The SMILES string of the molecule is CCOc1cc(Cn2ccn(C)c2=NC(=O)O)cc(C(=O)NC(c2ccc(F)c(C)c2)C2CC2)c1. The standard InChI is InChI=1S/C26H29FN4O4/c1-4-35-21-13-17(15-31-10-9-30(3)25(31)29-26(33)34)12-20(14-21)24(32)28-23(18-5-6-18)19-7-8-22(27)16(2)11-19/h7-14,18,23H,4-6,15H2,1-3H3,(H,28,32)(H,33,34). The first-order chi connectivity index (χ1) is 16.7. The van der Waals surface area contributed by atoms with E-state index in [-0.39, 0.29) is 23.4 Å². The Labute approximate surface area is 202 Å². The minimum atomic E-state index is -1.29. The van der Waals surface area contributed by atoms with E-state index in [0.717, 1.165) is 24.0 Å². The zero-order chi connectivity index (χ0) is 25.1. The number of carbonyl (C=O) groups is 2. The molecule has 0 aliphatic heterocycles. The Morgan fingerprint density at radius 1 is 1.23 bits per heavy atom. The van der Waals surface area contributed by atoms with Crippen molar-refractivity contribution in [2.24, 2.45) is 18.0 Å². The molecule has 2 aromatic carbocycles. The lowest BCUT2D eigenvalue weighted by molar-refractivity contribution is 0.0931. The first-order valence-corrected chi connectivity index (χ1v) is 11.6. The lowest BCUT2D eigenvalue weighted by Gasteiger charge is -2.20. The molecule has 1 aromatic heterocycles. The van der Waals surface area contributed by atoms with Gasteiger partial charge in [-0.05, 0) is 73.6 Å². The van der Waals surface area contributed by atoms with Crippen LogP contribution >= 0.6 is 0 Å². The van der Waals surface area contributed by atoms with Gasteiger partial charge in [0.05, 0.1) is 19.2 Å². The van der Waals surface area contributed by atoms with E-state index in [1.165, 1.54) is 6.07 Å². The lowest BCUT2D eigenvalue weighted by atomic mass is 9.99. The topological polar surface area (TPSA) is 97.8 Å². The summed E-state index contributed by atoms with van der Waals surface area (Å²) in [6.45, 7) is 4.32. The van der Waals surface area contributed by atoms with Crippen LogP contribution in [0.15, 0.2) is 53.8 Å². The van der Waals surface area contributed by atoms with Gasteiger partial charge in [0, 0.05) is 25.0 Å². The van der Waals surface area contributed by atoms with Gasteiger partial charge in [-0.3, -0.25) is 4.79 Å². The quantitative estimate of drug-likeness (QED) is 0.505. The van der Waals surface area contributed by atoms with Gasteiger partial charge in [-0.2, -0.15) is 0 Å². The predicted molar refractivity (Wildman–Crippen MR) is 128 cm³/mol. The normalized spacial score (nSPS) is 14.6. The molecule has 2 amide bonds. The number of benzene rings is 2. The van der Waals surface area contributed by atoms with Gasteiger partial charge in [0.2, 0.25) is 5.62 Å². The van der Waals surface area contributed by atoms with Crippen molar-refractivity contribution in [3.05, 3.63) is 82.5 Å². The van der Waals surface area contributed by atoms with Crippen LogP contribution in [-0.4, -0.2) is 32.8 Å². The number of hydrogen-bond donors (Lipinski definition) is 2. The number of carboxylic acid groups (broad SMARTS) is 1. The Hall–Kier alpha value is -3.88. The summed E-state index contributed by atoms with van der Waals surface area (Å²) >= 11 is 0. The number of nitrogens with zero attached hydrogens (tertiary/aromatic N) is 3. The number of imidazole rings is 1. The highest BCUT2D eigenvalue weighted by Crippen LogP contribution is 2.41. The zero-order valence-electron chi connectivity index (χ0n) is 20.0. The molecule has 1 aliphatic rings. The highest BCUT2D eigenvalue weighted by molar-refractivity contribution is 5.95. The Bertz CT molecular complexity index is 1320. The van der Waals surface area contributed by atoms with Crippen LogP contribution in [0.2, 0.25) is 0 Å². The first kappa shape index (κ1) is 24.3. The molecule has 0 bridgehead atoms. The van der Waals surface area contributed by atoms with Gasteiger partial charge in [-0.1, -0.05) is 12.1 Å². The maximum absolute atomic E-state index is 13.8. The van der Waals surface area contributed by atoms with Crippen LogP contribution < -0.4 is 15.7 Å². The molecule has 1 atom stereocenters. The second-order valence-electron chi connectivity index (χ2n) is 8.83. The monoisotopic (exact) mass is 480 g/mol. The van der Waals surface area contributed by atoms with Crippen molar-refractivity contribution in [3.8, 4) is 5.75 Å². The van der Waals surface area contributed by atoms with Crippen LogP contribution in [0.3, 0.4) is 0 Å². The highest BCUT2D eigenvalue weighted by atomic mass is 19.1. The summed E-state index contributed by atoms with van der Waals surface area (Å²) in [6.07, 6.45) is 4.17. The van der Waals surface area contributed by atoms with Crippen molar-refractivity contribution in [1.29, 1.82) is 0 Å². The van der Waals surface area contributed by atoms with Gasteiger partial charge in [0.25, 0.3) is 5.91 Å². The fourth-order valence-electron chi connectivity index (χ4n) is 4.19. The van der Waals surface area contributed by atoms with E-state index < -0.39 is 6.09 Å². The van der Waals surface area contributed by atoms with Gasteiger partial charge in [-0.15, -0.1) is 4.99 Å². The molecular weight excluding hydrogens is 451 g/mol. The van der Waals surface area contributed by atoms with Gasteiger partial charge >= 0.3 is 6.09 Å². The maximum atomic E-state index is 13.8. The Kier molecular flexibility index (Phi) is 7.04. The van der Waals surface area contributed by atoms with Crippen LogP contribution in [0, 0.1) is 18.7 Å². The first-order valence-electron chi connectivity index (χ1n) is 11.6. The molecule has 8 nitrogen and oxygen atoms in total. The third kappa shape index (κ3) is 5.79. The van der Waals surface area contributed by atoms with E-state index in [9.17, 15) is 14.0 Å². The van der Waals surface area contributed by atoms with Gasteiger partial charge < -0.3 is 24.3 Å². The largest absolute Gasteiger partial charge is 0.494 e. The molecule has 2 N–H and O–H groups in total. The highest BCUT2D eigenvalue weighted by Gasteiger charge is 2.34. The van der Waals surface area contributed by atoms with E-state index in [1.54, 1.807) is 59.8 Å². The molecule has 1 aliphatic carbocycles. The van der Waals surface area contributed by atoms with Crippen LogP contribution in [0.1, 0.15) is 52.9 Å². The molecule has 0 spiro atoms. The Morgan fingerprint density at radius 3 is 2.66 bits per heavy atom. The van der Waals surface area contributed by atoms with Crippen molar-refractivity contribution in [1.82, 2.24) is 14.5 Å². The minimum Gasteiger partial charge on any atom is -0.494 e. The fourth-order valence-corrected chi connectivity index (χ4v) is 4.19. The second-order valence-corrected chi connectivity index (χ2v) is 8.83. The summed E-state index contributed by atoms with van der Waals surface area (Å²) < 4.78 is 22.8. The molecule has 9 heteroatoms. The predicted octanol–water partition coefficient (Wildman–Crippen LogP) is 4.18. The average molecular weight is 481 g/mol. The van der Waals surface area contributed by atoms with E-state index in [0.29, 0.717) is 35.9 Å². The number of rotatable bonds is 8. The number of amides is 2. The van der Waals surface area contributed by atoms with E-state index in [2.05, 4.69) is 10.3 Å². The number of carbonyl (C=O) groups excluding carboxylic acids is 1. The Morgan fingerprint density at radius 2 is 2.00 bits per heavy atom. The average Bonchev–Trinajstić information content (AvgIpc) is 3.60. The summed E-state index contributed by atoms with van der Waals surface area (Å²) in [5.74, 6) is 0.346. The second kappa shape index (κ2) is 10.2. The third-order valence-electron chi connectivity index (χ3n) is 6.05. The van der Waals surface area contributed by atoms with Crippen LogP contribution in [0.4, 0.5) is 9.18 Å². The van der Waals surface area contributed by atoms with Crippen LogP contribution in [0.25, 0.3) is 0 Å². The van der Waals surface area contributed by atoms with Crippen molar-refractivity contribution >= 4 is 12.0 Å². The third-order valence-corrected chi connectivity index (χ3v) is 6.05. The Balaban J connectivity index is 1.63. The number of aryl methyl sites for hydroxylation is 2. The van der Waals surface area contributed by atoms with Crippen molar-refractivity contribution in [3.63, 3.8) is 0 Å². The van der Waals surface area contributed by atoms with Crippen molar-refractivity contribution in [2.75, 3.05) is 6.61 Å². The van der Waals surface area contributed by atoms with E-state index in [1.807, 2.05) is 13.0 Å². The molecule has 3 aromatic rings. The van der Waals surface area contributed by atoms with Crippen molar-refractivity contribution < 1.29 is 23.8 Å². The fraction of sp³-hybridized carbons (Fsp3) is 0.346. The van der Waals surface area contributed by atoms with Gasteiger partial charge in [0.15, 0.2) is 0 Å². The summed E-state index contributed by atoms with van der Waals surface area (Å²) in [5, 5.41) is 12.2. The number of hydrogen-bond acceptors (Lipinski definition) is 3. The minimum absolute atomic E-state index is 0.203. The number of halogens is 1. The molecule has 4 rings (SSSR count). The molecule has 184 valence electrons. The molecule has 0 saturated heterocycles. The summed E-state index contributed by atoms with van der Waals surface area (Å²) in [5.41, 5.74) is 2.90. The smallest absolute Gasteiger partial charge is 0.434 e. The van der Waals surface area contributed by atoms with Crippen molar-refractivity contribution in [2.45, 2.75) is 39.3 Å². The molecule has 1 fully saturated rings. The van der Waals surface area contributed by atoms with Gasteiger partial charge in [0.1, 0.15) is 11.6 Å². The summed E-state index contributed by atoms with van der Waals surface area (Å²) in [7, 11) is 1.71. The number of nitrogens with one attached hydrogen (secondary N) is 1.